The lowest BCUT2D eigenvalue weighted by atomic mass is 9.96. The van der Waals surface area contributed by atoms with Crippen LogP contribution in [0, 0.1) is 5.92 Å². The Morgan fingerprint density at radius 1 is 1.00 bits per heavy atom. The zero-order valence-electron chi connectivity index (χ0n) is 16.6. The fourth-order valence-electron chi connectivity index (χ4n) is 3.70. The summed E-state index contributed by atoms with van der Waals surface area (Å²) in [6.45, 7) is 6.72. The summed E-state index contributed by atoms with van der Waals surface area (Å²) in [5.74, 6) is 0.0205. The molecule has 2 aliphatic rings. The third-order valence-corrected chi connectivity index (χ3v) is 5.48. The molecule has 0 saturated carbocycles. The number of carbonyl (C=O) groups excluding carboxylic acids is 2. The van der Waals surface area contributed by atoms with E-state index < -0.39 is 0 Å². The van der Waals surface area contributed by atoms with Crippen LogP contribution in [0.15, 0.2) is 30.3 Å². The third kappa shape index (κ3) is 6.49. The summed E-state index contributed by atoms with van der Waals surface area (Å²) >= 11 is 0. The maximum absolute atomic E-state index is 12.4. The maximum Gasteiger partial charge on any atom is 0.317 e. The molecule has 154 valence electrons. The van der Waals surface area contributed by atoms with Gasteiger partial charge in [0.1, 0.15) is 0 Å². The minimum Gasteiger partial charge on any atom is -0.379 e. The highest BCUT2D eigenvalue weighted by molar-refractivity contribution is 5.92. The molecule has 7 nitrogen and oxygen atoms in total. The van der Waals surface area contributed by atoms with Crippen LogP contribution in [0.5, 0.6) is 0 Å². The summed E-state index contributed by atoms with van der Waals surface area (Å²) in [6.07, 6.45) is 3.49. The standard InChI is InChI=1S/C21H32N4O3/c26-20(23-19-6-2-1-3-7-19)18-8-12-25(13-9-18)21(27)22-10-4-5-11-24-14-16-28-17-15-24/h1-3,6-7,18H,4-5,8-17H2,(H,22,27)(H,23,26). The number of rotatable bonds is 7. The number of carbonyl (C=O) groups is 2. The quantitative estimate of drug-likeness (QED) is 0.702. The average molecular weight is 389 g/mol. The lowest BCUT2D eigenvalue weighted by molar-refractivity contribution is -0.121. The van der Waals surface area contributed by atoms with E-state index in [0.717, 1.165) is 51.4 Å². The molecule has 2 N–H and O–H groups in total. The SMILES string of the molecule is O=C(Nc1ccccc1)C1CCN(C(=O)NCCCCN2CCOCC2)CC1. The van der Waals surface area contributed by atoms with E-state index in [-0.39, 0.29) is 17.9 Å². The van der Waals surface area contributed by atoms with Crippen molar-refractivity contribution in [1.29, 1.82) is 0 Å². The van der Waals surface area contributed by atoms with Crippen LogP contribution in [0.1, 0.15) is 25.7 Å². The molecule has 1 aromatic rings. The van der Waals surface area contributed by atoms with Gasteiger partial charge in [-0.25, -0.2) is 4.79 Å². The molecule has 0 unspecified atom stereocenters. The smallest absolute Gasteiger partial charge is 0.317 e. The van der Waals surface area contributed by atoms with E-state index in [2.05, 4.69) is 15.5 Å². The number of amides is 3. The Hall–Kier alpha value is -2.12. The molecule has 7 heteroatoms. The number of morpholine rings is 1. The minimum atomic E-state index is -0.0298. The van der Waals surface area contributed by atoms with E-state index in [1.807, 2.05) is 35.2 Å². The molecule has 0 bridgehead atoms. The number of piperidine rings is 1. The van der Waals surface area contributed by atoms with Crippen LogP contribution in [0.3, 0.4) is 0 Å². The Morgan fingerprint density at radius 2 is 1.71 bits per heavy atom. The van der Waals surface area contributed by atoms with Crippen molar-refractivity contribution >= 4 is 17.6 Å². The van der Waals surface area contributed by atoms with Crippen molar-refractivity contribution in [3.8, 4) is 0 Å². The Bertz CT molecular complexity index is 611. The molecule has 0 aliphatic carbocycles. The fraction of sp³-hybridized carbons (Fsp3) is 0.619. The normalized spacial score (nSPS) is 18.6. The molecule has 2 fully saturated rings. The number of benzene rings is 1. The molecule has 0 atom stereocenters. The average Bonchev–Trinajstić information content (AvgIpc) is 2.75. The van der Waals surface area contributed by atoms with Crippen molar-refractivity contribution in [3.05, 3.63) is 30.3 Å². The first-order valence-corrected chi connectivity index (χ1v) is 10.4. The molecular weight excluding hydrogens is 356 g/mol. The number of anilines is 1. The number of urea groups is 1. The second-order valence-corrected chi connectivity index (χ2v) is 7.51. The van der Waals surface area contributed by atoms with Crippen molar-refractivity contribution < 1.29 is 14.3 Å². The van der Waals surface area contributed by atoms with Crippen LogP contribution in [-0.4, -0.2) is 74.2 Å². The van der Waals surface area contributed by atoms with Gasteiger partial charge in [0.15, 0.2) is 0 Å². The van der Waals surface area contributed by atoms with Gasteiger partial charge in [-0.15, -0.1) is 0 Å². The molecule has 28 heavy (non-hydrogen) atoms. The van der Waals surface area contributed by atoms with E-state index in [1.54, 1.807) is 0 Å². The van der Waals surface area contributed by atoms with Gasteiger partial charge in [-0.1, -0.05) is 18.2 Å². The minimum absolute atomic E-state index is 0.00621. The highest BCUT2D eigenvalue weighted by atomic mass is 16.5. The second kappa shape index (κ2) is 11.0. The van der Waals surface area contributed by atoms with Gasteiger partial charge in [0.25, 0.3) is 0 Å². The van der Waals surface area contributed by atoms with Gasteiger partial charge in [0.2, 0.25) is 5.91 Å². The second-order valence-electron chi connectivity index (χ2n) is 7.51. The first kappa shape index (κ1) is 20.6. The number of nitrogens with zero attached hydrogens (tertiary/aromatic N) is 2. The van der Waals surface area contributed by atoms with Crippen LogP contribution in [-0.2, 0) is 9.53 Å². The fourth-order valence-corrected chi connectivity index (χ4v) is 3.70. The summed E-state index contributed by atoms with van der Waals surface area (Å²) in [7, 11) is 0. The largest absolute Gasteiger partial charge is 0.379 e. The van der Waals surface area contributed by atoms with Crippen molar-refractivity contribution in [2.75, 3.05) is 57.8 Å². The molecule has 0 radical (unpaired) electrons. The zero-order chi connectivity index (χ0) is 19.6. The van der Waals surface area contributed by atoms with Crippen LogP contribution in [0.2, 0.25) is 0 Å². The molecule has 3 rings (SSSR count). The highest BCUT2D eigenvalue weighted by Gasteiger charge is 2.27. The van der Waals surface area contributed by atoms with Gasteiger partial charge in [-0.2, -0.15) is 0 Å². The van der Waals surface area contributed by atoms with Gasteiger partial charge < -0.3 is 20.3 Å². The van der Waals surface area contributed by atoms with Gasteiger partial charge in [0, 0.05) is 44.3 Å². The summed E-state index contributed by atoms with van der Waals surface area (Å²) in [6, 6.07) is 9.51. The number of para-hydroxylation sites is 1. The van der Waals surface area contributed by atoms with Crippen LogP contribution in [0.25, 0.3) is 0 Å². The molecule has 2 heterocycles. The number of likely N-dealkylation sites (tertiary alicyclic amines) is 1. The van der Waals surface area contributed by atoms with Crippen molar-refractivity contribution in [2.24, 2.45) is 5.92 Å². The third-order valence-electron chi connectivity index (χ3n) is 5.48. The molecular formula is C21H32N4O3. The molecule has 3 amide bonds. The van der Waals surface area contributed by atoms with Gasteiger partial charge in [-0.05, 0) is 44.4 Å². The Morgan fingerprint density at radius 3 is 2.43 bits per heavy atom. The molecule has 2 aliphatic heterocycles. The number of nitrogens with one attached hydrogen (secondary N) is 2. The summed E-state index contributed by atoms with van der Waals surface area (Å²) in [5, 5.41) is 5.98. The van der Waals surface area contributed by atoms with E-state index in [1.165, 1.54) is 0 Å². The number of ether oxygens (including phenoxy) is 1. The van der Waals surface area contributed by atoms with Crippen LogP contribution < -0.4 is 10.6 Å². The topological polar surface area (TPSA) is 73.9 Å². The van der Waals surface area contributed by atoms with Gasteiger partial charge in [-0.3, -0.25) is 9.69 Å². The number of hydrogen-bond acceptors (Lipinski definition) is 4. The van der Waals surface area contributed by atoms with E-state index >= 15 is 0 Å². The summed E-state index contributed by atoms with van der Waals surface area (Å²) < 4.78 is 5.35. The van der Waals surface area contributed by atoms with Crippen LogP contribution >= 0.6 is 0 Å². The van der Waals surface area contributed by atoms with Crippen molar-refractivity contribution in [2.45, 2.75) is 25.7 Å². The predicted octanol–water partition coefficient (Wildman–Crippen LogP) is 2.16. The predicted molar refractivity (Wildman–Crippen MR) is 109 cm³/mol. The first-order valence-electron chi connectivity index (χ1n) is 10.4. The molecule has 1 aromatic carbocycles. The monoisotopic (exact) mass is 388 g/mol. The van der Waals surface area contributed by atoms with Crippen molar-refractivity contribution in [1.82, 2.24) is 15.1 Å². The first-order chi connectivity index (χ1) is 13.7. The Kier molecular flexibility index (Phi) is 8.11. The van der Waals surface area contributed by atoms with Gasteiger partial charge in [0.05, 0.1) is 13.2 Å². The van der Waals surface area contributed by atoms with E-state index in [4.69, 9.17) is 4.74 Å². The van der Waals surface area contributed by atoms with Gasteiger partial charge >= 0.3 is 6.03 Å². The maximum atomic E-state index is 12.4. The lowest BCUT2D eigenvalue weighted by Gasteiger charge is -2.31. The number of unbranched alkanes of at least 4 members (excludes halogenated alkanes) is 1. The van der Waals surface area contributed by atoms with E-state index in [9.17, 15) is 9.59 Å². The number of hydrogen-bond donors (Lipinski definition) is 2. The summed E-state index contributed by atoms with van der Waals surface area (Å²) in [4.78, 5) is 28.9. The summed E-state index contributed by atoms with van der Waals surface area (Å²) in [5.41, 5.74) is 0.824. The lowest BCUT2D eigenvalue weighted by Crippen LogP contribution is -2.46. The van der Waals surface area contributed by atoms with Crippen molar-refractivity contribution in [3.63, 3.8) is 0 Å². The molecule has 2 saturated heterocycles. The molecule has 0 aromatic heterocycles. The van der Waals surface area contributed by atoms with E-state index in [0.29, 0.717) is 32.5 Å². The zero-order valence-corrected chi connectivity index (χ0v) is 16.6. The van der Waals surface area contributed by atoms with Crippen LogP contribution in [0.4, 0.5) is 10.5 Å². The Balaban J connectivity index is 1.27. The molecule has 0 spiro atoms. The highest BCUT2D eigenvalue weighted by Crippen LogP contribution is 2.19. The Labute approximate surface area is 167 Å².